The number of piperidine rings is 1. The van der Waals surface area contributed by atoms with Crippen LogP contribution in [0.5, 0.6) is 11.5 Å². The van der Waals surface area contributed by atoms with Crippen molar-refractivity contribution in [2.45, 2.75) is 64.1 Å². The largest absolute Gasteiger partial charge is 0.493 e. The third-order valence-electron chi connectivity index (χ3n) is 8.81. The molecular weight excluding hydrogens is 434 g/mol. The Balaban J connectivity index is 1.36. The summed E-state index contributed by atoms with van der Waals surface area (Å²) in [6, 6.07) is 16.7. The summed E-state index contributed by atoms with van der Waals surface area (Å²) in [5, 5.41) is 3.56. The number of hydrogen-bond acceptors (Lipinski definition) is 5. The zero-order valence-corrected chi connectivity index (χ0v) is 22.1. The van der Waals surface area contributed by atoms with E-state index in [4.69, 9.17) is 9.47 Å². The van der Waals surface area contributed by atoms with Crippen LogP contribution >= 0.6 is 0 Å². The van der Waals surface area contributed by atoms with Crippen LogP contribution in [0.4, 0.5) is 0 Å². The molecule has 0 bridgehead atoms. The maximum absolute atomic E-state index is 5.57. The van der Waals surface area contributed by atoms with Crippen LogP contribution in [0.1, 0.15) is 68.2 Å². The molecule has 1 saturated carbocycles. The minimum Gasteiger partial charge on any atom is -0.493 e. The Kier molecular flexibility index (Phi) is 7.38. The summed E-state index contributed by atoms with van der Waals surface area (Å²) in [7, 11) is 3.41. The van der Waals surface area contributed by atoms with Gasteiger partial charge in [-0.1, -0.05) is 44.2 Å². The summed E-state index contributed by atoms with van der Waals surface area (Å²) in [6.07, 6.45) is 5.47. The van der Waals surface area contributed by atoms with Crippen molar-refractivity contribution in [3.8, 4) is 11.5 Å². The van der Waals surface area contributed by atoms with Gasteiger partial charge in [-0.2, -0.15) is 0 Å². The summed E-state index contributed by atoms with van der Waals surface area (Å²) in [6.45, 7) is 11.3. The van der Waals surface area contributed by atoms with Gasteiger partial charge in [-0.3, -0.25) is 9.80 Å². The average Bonchev–Trinajstić information content (AvgIpc) is 2.87. The molecule has 2 aromatic rings. The predicted octanol–water partition coefficient (Wildman–Crippen LogP) is 5.22. The predicted molar refractivity (Wildman–Crippen MR) is 142 cm³/mol. The maximum atomic E-state index is 5.57. The molecule has 1 spiro atoms. The van der Waals surface area contributed by atoms with Crippen LogP contribution in [-0.4, -0.2) is 62.8 Å². The van der Waals surface area contributed by atoms with E-state index in [-0.39, 0.29) is 0 Å². The van der Waals surface area contributed by atoms with Gasteiger partial charge >= 0.3 is 0 Å². The van der Waals surface area contributed by atoms with E-state index in [9.17, 15) is 0 Å². The second-order valence-corrected chi connectivity index (χ2v) is 11.3. The van der Waals surface area contributed by atoms with E-state index in [1.165, 1.54) is 55.5 Å². The molecule has 1 atom stereocenters. The fourth-order valence-corrected chi connectivity index (χ4v) is 6.83. The number of nitrogens with zero attached hydrogens (tertiary/aromatic N) is 2. The first-order valence-electron chi connectivity index (χ1n) is 13.5. The van der Waals surface area contributed by atoms with Gasteiger partial charge in [0.2, 0.25) is 0 Å². The molecule has 1 aliphatic carbocycles. The smallest absolute Gasteiger partial charge is 0.161 e. The second kappa shape index (κ2) is 10.5. The number of rotatable bonds is 7. The van der Waals surface area contributed by atoms with E-state index in [1.807, 2.05) is 6.07 Å². The van der Waals surface area contributed by atoms with Crippen molar-refractivity contribution in [3.63, 3.8) is 0 Å². The van der Waals surface area contributed by atoms with Gasteiger partial charge in [0.1, 0.15) is 0 Å². The van der Waals surface area contributed by atoms with Crippen LogP contribution in [0.2, 0.25) is 0 Å². The molecule has 3 aliphatic rings. The van der Waals surface area contributed by atoms with Gasteiger partial charge in [0.15, 0.2) is 11.5 Å². The fourth-order valence-electron chi connectivity index (χ4n) is 6.83. The fraction of sp³-hybridized carbons (Fsp3) is 0.600. The van der Waals surface area contributed by atoms with E-state index in [1.54, 1.807) is 14.2 Å². The van der Waals surface area contributed by atoms with E-state index in [0.717, 1.165) is 43.7 Å². The lowest BCUT2D eigenvalue weighted by atomic mass is 9.60. The summed E-state index contributed by atoms with van der Waals surface area (Å²) in [4.78, 5) is 5.51. The molecule has 0 unspecified atom stereocenters. The highest BCUT2D eigenvalue weighted by Crippen LogP contribution is 2.52. The zero-order chi connectivity index (χ0) is 24.4. The standard InChI is InChI=1S/C30H43N3O2/c1-22(2)25-7-5-6-8-26(25)27-21-32(20-23-9-10-28(34-3)29(17-23)35-4)15-16-33(27)24-18-30(19-24)11-13-31-14-12-30/h5-10,17,22,24,27,31H,11-16,18-21H2,1-4H3/t27-/m0/s1. The van der Waals surface area contributed by atoms with Crippen LogP contribution in [0, 0.1) is 5.41 Å². The molecule has 0 amide bonds. The Morgan fingerprint density at radius 2 is 1.71 bits per heavy atom. The van der Waals surface area contributed by atoms with E-state index < -0.39 is 0 Å². The van der Waals surface area contributed by atoms with E-state index in [2.05, 4.69) is 65.4 Å². The van der Waals surface area contributed by atoms with Crippen molar-refractivity contribution in [1.82, 2.24) is 15.1 Å². The molecule has 2 aliphatic heterocycles. The van der Waals surface area contributed by atoms with Crippen molar-refractivity contribution in [3.05, 3.63) is 59.2 Å². The van der Waals surface area contributed by atoms with Crippen molar-refractivity contribution in [2.24, 2.45) is 5.41 Å². The Morgan fingerprint density at radius 3 is 2.43 bits per heavy atom. The summed E-state index contributed by atoms with van der Waals surface area (Å²) in [5.41, 5.74) is 4.93. The molecule has 3 fully saturated rings. The van der Waals surface area contributed by atoms with Gasteiger partial charge in [-0.15, -0.1) is 0 Å². The molecule has 2 aromatic carbocycles. The van der Waals surface area contributed by atoms with E-state index >= 15 is 0 Å². The van der Waals surface area contributed by atoms with Crippen LogP contribution in [-0.2, 0) is 6.54 Å². The highest BCUT2D eigenvalue weighted by molar-refractivity contribution is 5.43. The van der Waals surface area contributed by atoms with Gasteiger partial charge in [0, 0.05) is 38.3 Å². The summed E-state index contributed by atoms with van der Waals surface area (Å²) < 4.78 is 11.0. The second-order valence-electron chi connectivity index (χ2n) is 11.3. The first kappa shape index (κ1) is 24.6. The molecule has 5 rings (SSSR count). The Labute approximate surface area is 211 Å². The van der Waals surface area contributed by atoms with Crippen molar-refractivity contribution in [2.75, 3.05) is 46.9 Å². The lowest BCUT2D eigenvalue weighted by molar-refractivity contribution is -0.0650. The maximum Gasteiger partial charge on any atom is 0.161 e. The first-order valence-corrected chi connectivity index (χ1v) is 13.5. The first-order chi connectivity index (χ1) is 17.0. The Bertz CT molecular complexity index is 993. The van der Waals surface area contributed by atoms with Gasteiger partial charge in [-0.05, 0) is 78.9 Å². The van der Waals surface area contributed by atoms with E-state index in [0.29, 0.717) is 17.4 Å². The minimum atomic E-state index is 0.451. The Hall–Kier alpha value is -2.08. The molecule has 2 saturated heterocycles. The van der Waals surface area contributed by atoms with Crippen LogP contribution in [0.15, 0.2) is 42.5 Å². The average molecular weight is 478 g/mol. The molecular formula is C30H43N3O2. The summed E-state index contributed by atoms with van der Waals surface area (Å²) in [5.74, 6) is 2.14. The Morgan fingerprint density at radius 1 is 0.971 bits per heavy atom. The van der Waals surface area contributed by atoms with Crippen molar-refractivity contribution in [1.29, 1.82) is 0 Å². The molecule has 0 aromatic heterocycles. The quantitative estimate of drug-likeness (QED) is 0.592. The molecule has 5 heteroatoms. The van der Waals surface area contributed by atoms with Crippen molar-refractivity contribution >= 4 is 0 Å². The highest BCUT2D eigenvalue weighted by atomic mass is 16.5. The number of ether oxygens (including phenoxy) is 2. The molecule has 5 nitrogen and oxygen atoms in total. The topological polar surface area (TPSA) is 37.0 Å². The third-order valence-corrected chi connectivity index (χ3v) is 8.81. The number of benzene rings is 2. The monoisotopic (exact) mass is 477 g/mol. The number of methoxy groups -OCH3 is 2. The van der Waals surface area contributed by atoms with Crippen molar-refractivity contribution < 1.29 is 9.47 Å². The number of hydrogen-bond donors (Lipinski definition) is 1. The summed E-state index contributed by atoms with van der Waals surface area (Å²) >= 11 is 0. The normalized spacial score (nSPS) is 23.4. The molecule has 1 N–H and O–H groups in total. The van der Waals surface area contributed by atoms with Gasteiger partial charge in [0.05, 0.1) is 14.2 Å². The lowest BCUT2D eigenvalue weighted by Crippen LogP contribution is -2.59. The van der Waals surface area contributed by atoms with Gasteiger partial charge < -0.3 is 14.8 Å². The zero-order valence-electron chi connectivity index (χ0n) is 22.1. The number of nitrogens with one attached hydrogen (secondary N) is 1. The molecule has 2 heterocycles. The van der Waals surface area contributed by atoms with Gasteiger partial charge in [0.25, 0.3) is 0 Å². The lowest BCUT2D eigenvalue weighted by Gasteiger charge is -2.57. The van der Waals surface area contributed by atoms with Crippen LogP contribution in [0.3, 0.4) is 0 Å². The van der Waals surface area contributed by atoms with Crippen LogP contribution in [0.25, 0.3) is 0 Å². The SMILES string of the molecule is COc1ccc(CN2CCN(C3CC4(CCNCC4)C3)[C@H](c3ccccc3C(C)C)C2)cc1OC. The van der Waals surface area contributed by atoms with Crippen LogP contribution < -0.4 is 14.8 Å². The third kappa shape index (κ3) is 5.09. The minimum absolute atomic E-state index is 0.451. The molecule has 190 valence electrons. The molecule has 35 heavy (non-hydrogen) atoms. The number of piperazine rings is 1. The highest BCUT2D eigenvalue weighted by Gasteiger charge is 2.49. The molecule has 0 radical (unpaired) electrons. The van der Waals surface area contributed by atoms with Gasteiger partial charge in [-0.25, -0.2) is 0 Å².